The van der Waals surface area contributed by atoms with Crippen LogP contribution >= 0.6 is 7.60 Å². The lowest BCUT2D eigenvalue weighted by molar-refractivity contribution is 0.102. The molecule has 3 rings (SSSR count). The molecule has 2 aromatic carbocycles. The number of carbonyl (C=O) groups is 2. The van der Waals surface area contributed by atoms with Crippen LogP contribution in [0.15, 0.2) is 48.5 Å². The number of ketones is 1. The van der Waals surface area contributed by atoms with E-state index in [1.165, 1.54) is 10.6 Å². The molecule has 0 amide bonds. The Morgan fingerprint density at radius 2 is 1.75 bits per heavy atom. The predicted octanol–water partition coefficient (Wildman–Crippen LogP) is 5.82. The van der Waals surface area contributed by atoms with Crippen molar-refractivity contribution in [2.75, 3.05) is 31.7 Å². The number of anilines is 1. The minimum atomic E-state index is -3.42. The summed E-state index contributed by atoms with van der Waals surface area (Å²) >= 11 is 0. The molecule has 10 heteroatoms. The van der Waals surface area contributed by atoms with Gasteiger partial charge in [-0.15, -0.1) is 0 Å². The number of fused-ring (bicyclic) bond motifs is 1. The van der Waals surface area contributed by atoms with Gasteiger partial charge in [-0.1, -0.05) is 30.3 Å². The Bertz CT molecular complexity index is 1330. The fraction of sp³-hybridized carbons (Fsp3) is 0.346. The van der Waals surface area contributed by atoms with E-state index in [4.69, 9.17) is 13.8 Å². The van der Waals surface area contributed by atoms with E-state index in [9.17, 15) is 19.4 Å². The molecule has 190 valence electrons. The van der Waals surface area contributed by atoms with Gasteiger partial charge in [0.1, 0.15) is 5.69 Å². The third-order valence-corrected chi connectivity index (χ3v) is 8.02. The normalized spacial score (nSPS) is 12.2. The second-order valence-corrected chi connectivity index (χ2v) is 10.4. The van der Waals surface area contributed by atoms with Crippen LogP contribution in [0, 0.1) is 11.3 Å². The SMILES string of the molecule is CCOC(=O)n1c(C(=O)c2cccc(C#N)c2)c(NCC(C)P(=O)(OCC)OCC)c2ccccc21. The number of para-hydroxylation sites is 1. The highest BCUT2D eigenvalue weighted by molar-refractivity contribution is 7.54. The molecule has 0 saturated heterocycles. The topological polar surface area (TPSA) is 120 Å². The van der Waals surface area contributed by atoms with E-state index < -0.39 is 25.1 Å². The summed E-state index contributed by atoms with van der Waals surface area (Å²) in [5.41, 5.74) is 0.928. The van der Waals surface area contributed by atoms with Crippen molar-refractivity contribution in [2.24, 2.45) is 0 Å². The highest BCUT2D eigenvalue weighted by atomic mass is 31.2. The maximum absolute atomic E-state index is 13.8. The number of nitriles is 1. The summed E-state index contributed by atoms with van der Waals surface area (Å²) in [5, 5.41) is 13.1. The van der Waals surface area contributed by atoms with Crippen LogP contribution in [0.1, 0.15) is 49.3 Å². The van der Waals surface area contributed by atoms with E-state index in [2.05, 4.69) is 5.32 Å². The number of aromatic nitrogens is 1. The highest BCUT2D eigenvalue weighted by Gasteiger charge is 2.33. The summed E-state index contributed by atoms with van der Waals surface area (Å²) in [6, 6.07) is 15.3. The summed E-state index contributed by atoms with van der Waals surface area (Å²) in [6.45, 7) is 7.62. The molecular weight excluding hydrogens is 481 g/mol. The molecule has 0 aliphatic rings. The zero-order valence-electron chi connectivity index (χ0n) is 20.8. The van der Waals surface area contributed by atoms with Gasteiger partial charge in [0.15, 0.2) is 0 Å². The number of nitrogens with one attached hydrogen (secondary N) is 1. The summed E-state index contributed by atoms with van der Waals surface area (Å²) in [5.74, 6) is -0.468. The standard InChI is InChI=1S/C26H30N3O6P/c1-5-33-26(31)29-22-14-9-8-13-21(22)23(28-17-18(4)36(32,34-6-2)35-7-3)24(29)25(30)20-12-10-11-19(15-20)16-27/h8-15,18,28H,5-7,17H2,1-4H3. The third kappa shape index (κ3) is 5.52. The molecule has 1 N–H and O–H groups in total. The van der Waals surface area contributed by atoms with E-state index in [0.29, 0.717) is 22.2 Å². The highest BCUT2D eigenvalue weighted by Crippen LogP contribution is 2.53. The molecule has 1 atom stereocenters. The average Bonchev–Trinajstić information content (AvgIpc) is 3.21. The van der Waals surface area contributed by atoms with Crippen molar-refractivity contribution in [3.8, 4) is 6.07 Å². The zero-order chi connectivity index (χ0) is 26.3. The van der Waals surface area contributed by atoms with Gasteiger partial charge < -0.3 is 19.1 Å². The first-order valence-electron chi connectivity index (χ1n) is 11.8. The van der Waals surface area contributed by atoms with E-state index in [1.54, 1.807) is 70.2 Å². The van der Waals surface area contributed by atoms with Crippen molar-refractivity contribution in [3.05, 3.63) is 65.4 Å². The van der Waals surface area contributed by atoms with Crippen LogP contribution in [0.3, 0.4) is 0 Å². The molecule has 0 radical (unpaired) electrons. The summed E-state index contributed by atoms with van der Waals surface area (Å²) in [7, 11) is -3.42. The van der Waals surface area contributed by atoms with Crippen LogP contribution in [0.2, 0.25) is 0 Å². The quantitative estimate of drug-likeness (QED) is 0.253. The molecule has 0 aliphatic carbocycles. The van der Waals surface area contributed by atoms with Gasteiger partial charge >= 0.3 is 13.7 Å². The van der Waals surface area contributed by atoms with Crippen molar-refractivity contribution < 1.29 is 27.9 Å². The summed E-state index contributed by atoms with van der Waals surface area (Å²) < 4.78 is 30.7. The van der Waals surface area contributed by atoms with Crippen molar-refractivity contribution >= 4 is 36.1 Å². The molecule has 1 aromatic heterocycles. The lowest BCUT2D eigenvalue weighted by Crippen LogP contribution is -2.23. The summed E-state index contributed by atoms with van der Waals surface area (Å²) in [6.07, 6.45) is -0.705. The van der Waals surface area contributed by atoms with Gasteiger partial charge in [-0.05, 0) is 45.9 Å². The van der Waals surface area contributed by atoms with Gasteiger partial charge in [0.05, 0.1) is 48.3 Å². The molecule has 0 aliphatic heterocycles. The van der Waals surface area contributed by atoms with E-state index >= 15 is 0 Å². The minimum absolute atomic E-state index is 0.0552. The maximum atomic E-state index is 13.8. The number of nitrogens with zero attached hydrogens (tertiary/aromatic N) is 2. The molecule has 0 saturated carbocycles. The van der Waals surface area contributed by atoms with Crippen LogP contribution in [0.4, 0.5) is 10.5 Å². The van der Waals surface area contributed by atoms with Crippen LogP contribution in [0.25, 0.3) is 10.9 Å². The van der Waals surface area contributed by atoms with Crippen LogP contribution in [-0.2, 0) is 18.3 Å². The second-order valence-electron chi connectivity index (χ2n) is 7.90. The van der Waals surface area contributed by atoms with Gasteiger partial charge in [0.2, 0.25) is 5.78 Å². The number of hydrogen-bond donors (Lipinski definition) is 1. The molecule has 1 heterocycles. The molecule has 1 unspecified atom stereocenters. The zero-order valence-corrected chi connectivity index (χ0v) is 21.7. The first-order chi connectivity index (χ1) is 17.3. The van der Waals surface area contributed by atoms with E-state index in [-0.39, 0.29) is 37.6 Å². The van der Waals surface area contributed by atoms with Gasteiger partial charge in [0, 0.05) is 17.5 Å². The van der Waals surface area contributed by atoms with Crippen molar-refractivity contribution in [2.45, 2.75) is 33.4 Å². The Balaban J connectivity index is 2.16. The first kappa shape index (κ1) is 27.2. The smallest absolute Gasteiger partial charge is 0.419 e. The van der Waals surface area contributed by atoms with Crippen molar-refractivity contribution in [3.63, 3.8) is 0 Å². The van der Waals surface area contributed by atoms with Gasteiger partial charge in [-0.2, -0.15) is 5.26 Å². The Labute approximate surface area is 210 Å². The van der Waals surface area contributed by atoms with Gasteiger partial charge in [-0.25, -0.2) is 9.36 Å². The molecule has 0 fully saturated rings. The molecule has 3 aromatic rings. The molecule has 0 bridgehead atoms. The number of ether oxygens (including phenoxy) is 1. The lowest BCUT2D eigenvalue weighted by Gasteiger charge is -2.24. The fourth-order valence-corrected chi connectivity index (χ4v) is 5.51. The number of carbonyl (C=O) groups excluding carboxylic acids is 2. The average molecular weight is 512 g/mol. The van der Waals surface area contributed by atoms with Gasteiger partial charge in [-0.3, -0.25) is 9.36 Å². The summed E-state index contributed by atoms with van der Waals surface area (Å²) in [4.78, 5) is 26.8. The van der Waals surface area contributed by atoms with Crippen molar-refractivity contribution in [1.29, 1.82) is 5.26 Å². The fourth-order valence-electron chi connectivity index (χ4n) is 3.89. The monoisotopic (exact) mass is 511 g/mol. The number of benzene rings is 2. The number of hydrogen-bond acceptors (Lipinski definition) is 8. The maximum Gasteiger partial charge on any atom is 0.419 e. The molecule has 0 spiro atoms. The molecule has 36 heavy (non-hydrogen) atoms. The lowest BCUT2D eigenvalue weighted by atomic mass is 10.0. The predicted molar refractivity (Wildman–Crippen MR) is 138 cm³/mol. The first-order valence-corrected chi connectivity index (χ1v) is 13.4. The van der Waals surface area contributed by atoms with Crippen LogP contribution in [-0.4, -0.2) is 48.5 Å². The number of rotatable bonds is 11. The Morgan fingerprint density at radius 3 is 2.39 bits per heavy atom. The van der Waals surface area contributed by atoms with Crippen LogP contribution < -0.4 is 5.32 Å². The van der Waals surface area contributed by atoms with E-state index in [0.717, 1.165) is 0 Å². The van der Waals surface area contributed by atoms with E-state index in [1.807, 2.05) is 6.07 Å². The Kier molecular flexibility index (Phi) is 9.05. The minimum Gasteiger partial charge on any atom is -0.449 e. The second kappa shape index (κ2) is 12.0. The largest absolute Gasteiger partial charge is 0.449 e. The van der Waals surface area contributed by atoms with Crippen molar-refractivity contribution in [1.82, 2.24) is 4.57 Å². The molecule has 9 nitrogen and oxygen atoms in total. The Hall–Kier alpha value is -3.44. The van der Waals surface area contributed by atoms with Gasteiger partial charge in [0.25, 0.3) is 0 Å². The molecular formula is C26H30N3O6P. The third-order valence-electron chi connectivity index (χ3n) is 5.53. The Morgan fingerprint density at radius 1 is 1.06 bits per heavy atom. The van der Waals surface area contributed by atoms with Crippen LogP contribution in [0.5, 0.6) is 0 Å².